The Morgan fingerprint density at radius 3 is 2.12 bits per heavy atom. The van der Waals surface area contributed by atoms with Crippen molar-refractivity contribution in [3.8, 4) is 0 Å². The van der Waals surface area contributed by atoms with Gasteiger partial charge >= 0.3 is 0 Å². The summed E-state index contributed by atoms with van der Waals surface area (Å²) in [5, 5.41) is 54.7. The fraction of sp³-hybridized carbons (Fsp3) is 1.00. The molecule has 4 unspecified atom stereocenters. The minimum atomic E-state index is -2.15. The van der Waals surface area contributed by atoms with Crippen LogP contribution in [0, 0.1) is 0 Å². The molecular formula is C9H20O7. The molecule has 98 valence electrons. The van der Waals surface area contributed by atoms with Crippen molar-refractivity contribution in [2.24, 2.45) is 0 Å². The van der Waals surface area contributed by atoms with E-state index in [9.17, 15) is 10.2 Å². The second-order valence-corrected chi connectivity index (χ2v) is 3.65. The summed E-state index contributed by atoms with van der Waals surface area (Å²) in [5.74, 6) is -2.15. The van der Waals surface area contributed by atoms with Crippen LogP contribution in [0.5, 0.6) is 0 Å². The van der Waals surface area contributed by atoms with Gasteiger partial charge in [-0.2, -0.15) is 0 Å². The van der Waals surface area contributed by atoms with Crippen LogP contribution in [0.4, 0.5) is 0 Å². The molecule has 0 bridgehead atoms. The van der Waals surface area contributed by atoms with Crippen LogP contribution in [0.25, 0.3) is 0 Å². The summed E-state index contributed by atoms with van der Waals surface area (Å²) < 4.78 is 4.82. The summed E-state index contributed by atoms with van der Waals surface area (Å²) in [4.78, 5) is 0. The van der Waals surface area contributed by atoms with Crippen molar-refractivity contribution in [2.45, 2.75) is 37.4 Å². The van der Waals surface area contributed by atoms with E-state index in [1.807, 2.05) is 0 Å². The molecule has 0 aliphatic heterocycles. The van der Waals surface area contributed by atoms with Gasteiger partial charge in [-0.25, -0.2) is 0 Å². The molecule has 0 aromatic heterocycles. The average Bonchev–Trinajstić information content (AvgIpc) is 2.25. The quantitative estimate of drug-likeness (QED) is 0.252. The van der Waals surface area contributed by atoms with Gasteiger partial charge < -0.3 is 35.4 Å². The third-order valence-electron chi connectivity index (χ3n) is 2.13. The van der Waals surface area contributed by atoms with E-state index in [0.717, 1.165) is 0 Å². The summed E-state index contributed by atoms with van der Waals surface area (Å²) in [7, 11) is 0. The number of rotatable bonds is 8. The molecule has 0 rings (SSSR count). The minimum Gasteiger partial charge on any atom is -0.396 e. The standard InChI is InChI=1S/C9H20O7/c1-6(12)8(14)9(15,2-3-10)16-5-7(13)4-11/h6-8,10-15H,2-5H2,1H3. The van der Waals surface area contributed by atoms with E-state index in [2.05, 4.69) is 0 Å². The molecular weight excluding hydrogens is 220 g/mol. The van der Waals surface area contributed by atoms with E-state index < -0.39 is 43.9 Å². The molecule has 4 atom stereocenters. The highest BCUT2D eigenvalue weighted by Crippen LogP contribution is 2.20. The fourth-order valence-electron chi connectivity index (χ4n) is 1.14. The van der Waals surface area contributed by atoms with Crippen LogP contribution >= 0.6 is 0 Å². The number of hydrogen-bond acceptors (Lipinski definition) is 7. The molecule has 0 saturated heterocycles. The Bertz CT molecular complexity index is 187. The molecule has 0 aromatic rings. The second-order valence-electron chi connectivity index (χ2n) is 3.65. The second kappa shape index (κ2) is 7.13. The highest BCUT2D eigenvalue weighted by molar-refractivity contribution is 4.81. The van der Waals surface area contributed by atoms with Gasteiger partial charge in [-0.05, 0) is 6.92 Å². The first-order valence-corrected chi connectivity index (χ1v) is 4.99. The van der Waals surface area contributed by atoms with Gasteiger partial charge in [0.05, 0.1) is 19.3 Å². The smallest absolute Gasteiger partial charge is 0.196 e. The zero-order valence-corrected chi connectivity index (χ0v) is 9.15. The van der Waals surface area contributed by atoms with Gasteiger partial charge in [-0.1, -0.05) is 0 Å². The molecule has 0 amide bonds. The average molecular weight is 240 g/mol. The Balaban J connectivity index is 4.43. The monoisotopic (exact) mass is 240 g/mol. The van der Waals surface area contributed by atoms with E-state index >= 15 is 0 Å². The van der Waals surface area contributed by atoms with Crippen molar-refractivity contribution in [2.75, 3.05) is 19.8 Å². The lowest BCUT2D eigenvalue weighted by Gasteiger charge is -2.34. The Morgan fingerprint density at radius 2 is 1.75 bits per heavy atom. The van der Waals surface area contributed by atoms with Crippen LogP contribution in [0.15, 0.2) is 0 Å². The minimum absolute atomic E-state index is 0.322. The van der Waals surface area contributed by atoms with Crippen LogP contribution < -0.4 is 0 Å². The molecule has 7 nitrogen and oxygen atoms in total. The first-order chi connectivity index (χ1) is 7.37. The molecule has 0 aromatic carbocycles. The van der Waals surface area contributed by atoms with E-state index in [-0.39, 0.29) is 6.42 Å². The van der Waals surface area contributed by atoms with Crippen molar-refractivity contribution in [1.82, 2.24) is 0 Å². The van der Waals surface area contributed by atoms with Crippen LogP contribution in [0.3, 0.4) is 0 Å². The molecule has 0 saturated carbocycles. The Labute approximate surface area is 93.5 Å². The lowest BCUT2D eigenvalue weighted by molar-refractivity contribution is -0.285. The number of ether oxygens (including phenoxy) is 1. The fourth-order valence-corrected chi connectivity index (χ4v) is 1.14. The molecule has 0 spiro atoms. The SMILES string of the molecule is CC(O)C(O)C(O)(CCO)OCC(O)CO. The lowest BCUT2D eigenvalue weighted by Crippen LogP contribution is -2.52. The summed E-state index contributed by atoms with van der Waals surface area (Å²) in [6.07, 6.45) is -4.41. The Kier molecular flexibility index (Phi) is 7.00. The van der Waals surface area contributed by atoms with E-state index in [0.29, 0.717) is 0 Å². The first-order valence-electron chi connectivity index (χ1n) is 4.99. The van der Waals surface area contributed by atoms with Crippen molar-refractivity contribution >= 4 is 0 Å². The van der Waals surface area contributed by atoms with Crippen LogP contribution in [-0.4, -0.2) is 74.6 Å². The molecule has 16 heavy (non-hydrogen) atoms. The van der Waals surface area contributed by atoms with Gasteiger partial charge in [-0.3, -0.25) is 0 Å². The normalized spacial score (nSPS) is 21.2. The van der Waals surface area contributed by atoms with Gasteiger partial charge in [0.2, 0.25) is 0 Å². The van der Waals surface area contributed by atoms with Gasteiger partial charge in [0.1, 0.15) is 12.2 Å². The first kappa shape index (κ1) is 15.7. The number of aliphatic hydroxyl groups is 6. The van der Waals surface area contributed by atoms with E-state index in [1.165, 1.54) is 6.92 Å². The molecule has 0 radical (unpaired) electrons. The van der Waals surface area contributed by atoms with Crippen LogP contribution in [-0.2, 0) is 4.74 Å². The molecule has 6 N–H and O–H groups in total. The predicted octanol–water partition coefficient (Wildman–Crippen LogP) is -2.83. The van der Waals surface area contributed by atoms with Crippen molar-refractivity contribution in [1.29, 1.82) is 0 Å². The highest BCUT2D eigenvalue weighted by atomic mass is 16.6. The number of aliphatic hydroxyl groups excluding tert-OH is 5. The van der Waals surface area contributed by atoms with Crippen molar-refractivity contribution in [3.05, 3.63) is 0 Å². The topological polar surface area (TPSA) is 131 Å². The van der Waals surface area contributed by atoms with Gasteiger partial charge in [0.15, 0.2) is 5.79 Å². The third kappa shape index (κ3) is 4.71. The Morgan fingerprint density at radius 1 is 1.19 bits per heavy atom. The maximum atomic E-state index is 9.81. The van der Waals surface area contributed by atoms with Crippen LogP contribution in [0.1, 0.15) is 13.3 Å². The molecule has 0 aliphatic carbocycles. The molecule has 0 fully saturated rings. The van der Waals surface area contributed by atoms with Gasteiger partial charge in [0, 0.05) is 13.0 Å². The molecule has 0 heterocycles. The summed E-state index contributed by atoms with van der Waals surface area (Å²) in [5.41, 5.74) is 0. The summed E-state index contributed by atoms with van der Waals surface area (Å²) in [6, 6.07) is 0. The van der Waals surface area contributed by atoms with E-state index in [4.69, 9.17) is 25.2 Å². The maximum Gasteiger partial charge on any atom is 0.196 e. The van der Waals surface area contributed by atoms with Crippen molar-refractivity contribution < 1.29 is 35.4 Å². The Hall–Kier alpha value is -0.280. The third-order valence-corrected chi connectivity index (χ3v) is 2.13. The summed E-state index contributed by atoms with van der Waals surface area (Å²) in [6.45, 7) is -0.189. The largest absolute Gasteiger partial charge is 0.396 e. The highest BCUT2D eigenvalue weighted by Gasteiger charge is 2.39. The van der Waals surface area contributed by atoms with Crippen molar-refractivity contribution in [3.63, 3.8) is 0 Å². The zero-order valence-electron chi connectivity index (χ0n) is 9.15. The maximum absolute atomic E-state index is 9.81. The molecule has 0 aliphatic rings. The van der Waals surface area contributed by atoms with Gasteiger partial charge in [-0.15, -0.1) is 0 Å². The van der Waals surface area contributed by atoms with Crippen LogP contribution in [0.2, 0.25) is 0 Å². The van der Waals surface area contributed by atoms with E-state index in [1.54, 1.807) is 0 Å². The molecule has 7 heteroatoms. The van der Waals surface area contributed by atoms with Gasteiger partial charge in [0.25, 0.3) is 0 Å². The summed E-state index contributed by atoms with van der Waals surface area (Å²) >= 11 is 0. The number of hydrogen-bond donors (Lipinski definition) is 6. The predicted molar refractivity (Wildman–Crippen MR) is 53.4 cm³/mol. The zero-order chi connectivity index (χ0) is 12.8. The lowest BCUT2D eigenvalue weighted by atomic mass is 10.0.